The molecule has 15 heteroatoms. The van der Waals surface area contributed by atoms with Gasteiger partial charge in [0.2, 0.25) is 11.8 Å². The summed E-state index contributed by atoms with van der Waals surface area (Å²) >= 11 is 0. The van der Waals surface area contributed by atoms with Gasteiger partial charge in [-0.05, 0) is 61.2 Å². The largest absolute Gasteiger partial charge is 0.389 e. The lowest BCUT2D eigenvalue weighted by Gasteiger charge is -2.33. The average molecular weight is 584 g/mol. The summed E-state index contributed by atoms with van der Waals surface area (Å²) in [5, 5.41) is 17.2. The molecule has 222 valence electrons. The number of hydrogen-bond acceptors (Lipinski definition) is 7. The fraction of sp³-hybridized carbons (Fsp3) is 0.615. The smallest absolute Gasteiger partial charge is 0.349 e. The lowest BCUT2D eigenvalue weighted by atomic mass is 9.81. The number of amides is 2. The maximum atomic E-state index is 13.9. The number of halogens is 5. The van der Waals surface area contributed by atoms with Crippen LogP contribution in [0.25, 0.3) is 5.65 Å². The fourth-order valence-electron chi connectivity index (χ4n) is 5.34. The van der Waals surface area contributed by atoms with Gasteiger partial charge in [-0.1, -0.05) is 12.1 Å². The van der Waals surface area contributed by atoms with Gasteiger partial charge in [0.1, 0.15) is 5.69 Å². The number of carbonyl (C=O) groups is 2. The molecule has 0 bridgehead atoms. The summed E-state index contributed by atoms with van der Waals surface area (Å²) in [5.74, 6) is -5.57. The quantitative estimate of drug-likeness (QED) is 0.344. The molecular weight excluding hydrogens is 553 g/mol. The Bertz CT molecular complexity index is 1410. The number of alkyl halides is 5. The van der Waals surface area contributed by atoms with Gasteiger partial charge in [0.25, 0.3) is 5.91 Å². The van der Waals surface area contributed by atoms with Crippen molar-refractivity contribution in [3.8, 4) is 0 Å². The molecule has 10 nitrogen and oxygen atoms in total. The third kappa shape index (κ3) is 6.81. The summed E-state index contributed by atoms with van der Waals surface area (Å²) < 4.78 is 72.4. The number of aromatic nitrogens is 5. The van der Waals surface area contributed by atoms with E-state index in [4.69, 9.17) is 0 Å². The summed E-state index contributed by atoms with van der Waals surface area (Å²) in [4.78, 5) is 30.2. The van der Waals surface area contributed by atoms with E-state index in [2.05, 4.69) is 35.7 Å². The van der Waals surface area contributed by atoms with Crippen molar-refractivity contribution >= 4 is 17.5 Å². The molecule has 2 aliphatic carbocycles. The van der Waals surface area contributed by atoms with Crippen molar-refractivity contribution < 1.29 is 36.2 Å². The Kier molecular flexibility index (Phi) is 7.72. The molecule has 3 aromatic rings. The Balaban J connectivity index is 1.40. The van der Waals surface area contributed by atoms with Gasteiger partial charge in [-0.15, -0.1) is 0 Å². The van der Waals surface area contributed by atoms with Gasteiger partial charge in [-0.25, -0.2) is 22.9 Å². The number of hydrogen-bond donors (Lipinski definition) is 2. The molecule has 0 aromatic carbocycles. The normalized spacial score (nSPS) is 20.0. The summed E-state index contributed by atoms with van der Waals surface area (Å²) in [5.41, 5.74) is 1.61. The SMILES string of the molecule is Cc1nonc1C(=O)N[C@H](c1cn2ncc(C(NC(=O)[C@@H](C)CC(F)(F)F)C3CC3)cc2n1)C1CCC(F)(F)CC1. The Hall–Kier alpha value is -3.65. The van der Waals surface area contributed by atoms with Crippen molar-refractivity contribution in [2.75, 3.05) is 0 Å². The van der Waals surface area contributed by atoms with Crippen LogP contribution < -0.4 is 10.6 Å². The van der Waals surface area contributed by atoms with Crippen LogP contribution in [-0.4, -0.2) is 48.8 Å². The second kappa shape index (κ2) is 11.0. The highest BCUT2D eigenvalue weighted by Gasteiger charge is 2.40. The van der Waals surface area contributed by atoms with E-state index in [1.807, 2.05) is 0 Å². The van der Waals surface area contributed by atoms with E-state index in [-0.39, 0.29) is 48.9 Å². The maximum Gasteiger partial charge on any atom is 0.389 e. The van der Waals surface area contributed by atoms with Crippen LogP contribution in [0.2, 0.25) is 0 Å². The number of rotatable bonds is 9. The fourth-order valence-corrected chi connectivity index (χ4v) is 5.34. The number of aryl methyl sites for hydroxylation is 1. The number of fused-ring (bicyclic) bond motifs is 1. The Labute approximate surface area is 231 Å². The molecule has 41 heavy (non-hydrogen) atoms. The molecule has 5 rings (SSSR count). The van der Waals surface area contributed by atoms with Crippen LogP contribution in [0.3, 0.4) is 0 Å². The van der Waals surface area contributed by atoms with Gasteiger partial charge in [-0.3, -0.25) is 9.59 Å². The molecule has 3 heterocycles. The highest BCUT2D eigenvalue weighted by atomic mass is 19.4. The van der Waals surface area contributed by atoms with Crippen LogP contribution in [0.4, 0.5) is 22.0 Å². The van der Waals surface area contributed by atoms with Crippen molar-refractivity contribution in [1.82, 2.24) is 35.5 Å². The third-order valence-corrected chi connectivity index (χ3v) is 7.80. The Morgan fingerprint density at radius 1 is 1.10 bits per heavy atom. The van der Waals surface area contributed by atoms with Gasteiger partial charge in [0.05, 0.1) is 36.6 Å². The molecule has 2 fully saturated rings. The third-order valence-electron chi connectivity index (χ3n) is 7.80. The molecular formula is C26H30F5N7O3. The molecule has 0 radical (unpaired) electrons. The van der Waals surface area contributed by atoms with Crippen LogP contribution in [0.5, 0.6) is 0 Å². The monoisotopic (exact) mass is 583 g/mol. The molecule has 0 spiro atoms. The average Bonchev–Trinajstić information content (AvgIpc) is 3.50. The van der Waals surface area contributed by atoms with Crippen molar-refractivity contribution in [2.24, 2.45) is 17.8 Å². The van der Waals surface area contributed by atoms with Crippen molar-refractivity contribution in [1.29, 1.82) is 0 Å². The lowest BCUT2D eigenvalue weighted by Crippen LogP contribution is -2.37. The first-order valence-electron chi connectivity index (χ1n) is 13.5. The van der Waals surface area contributed by atoms with E-state index in [1.54, 1.807) is 19.2 Å². The van der Waals surface area contributed by atoms with Crippen LogP contribution in [0.1, 0.15) is 91.4 Å². The first-order valence-corrected chi connectivity index (χ1v) is 13.5. The van der Waals surface area contributed by atoms with Crippen LogP contribution in [0.15, 0.2) is 23.1 Å². The van der Waals surface area contributed by atoms with Crippen molar-refractivity contribution in [3.05, 3.63) is 41.1 Å². The first-order chi connectivity index (χ1) is 19.3. The van der Waals surface area contributed by atoms with Crippen LogP contribution in [0, 0.1) is 24.7 Å². The predicted molar refractivity (Wildman–Crippen MR) is 133 cm³/mol. The molecule has 0 aliphatic heterocycles. The number of nitrogens with zero attached hydrogens (tertiary/aromatic N) is 5. The summed E-state index contributed by atoms with van der Waals surface area (Å²) in [7, 11) is 0. The molecule has 0 saturated heterocycles. The van der Waals surface area contributed by atoms with Crippen LogP contribution in [-0.2, 0) is 4.79 Å². The minimum atomic E-state index is -4.46. The summed E-state index contributed by atoms with van der Waals surface area (Å²) in [6.45, 7) is 2.79. The Morgan fingerprint density at radius 2 is 1.78 bits per heavy atom. The molecule has 2 aliphatic rings. The van der Waals surface area contributed by atoms with Gasteiger partial charge in [-0.2, -0.15) is 18.3 Å². The maximum absolute atomic E-state index is 13.9. The van der Waals surface area contributed by atoms with Gasteiger partial charge < -0.3 is 10.6 Å². The summed E-state index contributed by atoms with van der Waals surface area (Å²) in [6.07, 6.45) is -1.27. The van der Waals surface area contributed by atoms with E-state index >= 15 is 0 Å². The molecule has 2 saturated carbocycles. The number of nitrogens with one attached hydrogen (secondary N) is 2. The van der Waals surface area contributed by atoms with Crippen molar-refractivity contribution in [3.63, 3.8) is 0 Å². The van der Waals surface area contributed by atoms with Gasteiger partial charge in [0.15, 0.2) is 11.3 Å². The highest BCUT2D eigenvalue weighted by Crippen LogP contribution is 2.43. The van der Waals surface area contributed by atoms with E-state index in [9.17, 15) is 31.5 Å². The minimum absolute atomic E-state index is 0.0249. The van der Waals surface area contributed by atoms with E-state index in [0.29, 0.717) is 16.9 Å². The zero-order valence-corrected chi connectivity index (χ0v) is 22.4. The molecule has 2 N–H and O–H groups in total. The first kappa shape index (κ1) is 28.9. The number of imidazole rings is 1. The molecule has 3 atom stereocenters. The molecule has 3 aromatic heterocycles. The van der Waals surface area contributed by atoms with Gasteiger partial charge in [0, 0.05) is 18.8 Å². The second-order valence-corrected chi connectivity index (χ2v) is 11.1. The predicted octanol–water partition coefficient (Wildman–Crippen LogP) is 4.87. The molecule has 2 amide bonds. The lowest BCUT2D eigenvalue weighted by molar-refractivity contribution is -0.153. The van der Waals surface area contributed by atoms with E-state index in [0.717, 1.165) is 12.8 Å². The van der Waals surface area contributed by atoms with Crippen LogP contribution >= 0.6 is 0 Å². The van der Waals surface area contributed by atoms with E-state index < -0.39 is 48.3 Å². The zero-order valence-electron chi connectivity index (χ0n) is 22.4. The molecule has 1 unspecified atom stereocenters. The number of carbonyl (C=O) groups excluding carboxylic acids is 2. The highest BCUT2D eigenvalue weighted by molar-refractivity contribution is 5.93. The standard InChI is InChI=1S/C26H30F5N7O3/c1-13(10-26(29,30)31)23(39)34-21(15-3-4-15)17-9-19-33-18(12-38(19)32-11-17)22(16-5-7-25(27,28)8-6-16)35-24(40)20-14(2)36-41-37-20/h9,11-13,15-16,21-22H,3-8,10H2,1-2H3,(H,34,39)(H,35,40)/t13-,21?,22-/m0/s1. The van der Waals surface area contributed by atoms with Gasteiger partial charge >= 0.3 is 6.18 Å². The topological polar surface area (TPSA) is 127 Å². The summed E-state index contributed by atoms with van der Waals surface area (Å²) in [6, 6.07) is 0.421. The Morgan fingerprint density at radius 3 is 2.39 bits per heavy atom. The minimum Gasteiger partial charge on any atom is -0.349 e. The van der Waals surface area contributed by atoms with Crippen molar-refractivity contribution in [2.45, 2.75) is 83.0 Å². The zero-order chi connectivity index (χ0) is 29.5. The second-order valence-electron chi connectivity index (χ2n) is 11.1. The van der Waals surface area contributed by atoms with E-state index in [1.165, 1.54) is 17.6 Å².